The maximum absolute atomic E-state index is 12.8. The summed E-state index contributed by atoms with van der Waals surface area (Å²) in [5, 5.41) is 7.19. The SMILES string of the molecule is COc1ccc(-c2cc(C(=O)N3CCN(CC4CCCO4)CC3)[nH]n2)cc1. The Labute approximate surface area is 159 Å². The zero-order chi connectivity index (χ0) is 18.6. The van der Waals surface area contributed by atoms with Gasteiger partial charge in [-0.25, -0.2) is 0 Å². The standard InChI is InChI=1S/C20H26N4O3/c1-26-16-6-4-15(5-7-16)18-13-19(22-21-18)20(25)24-10-8-23(9-11-24)14-17-3-2-12-27-17/h4-7,13,17H,2-3,8-12,14H2,1H3,(H,21,22). The van der Waals surface area contributed by atoms with Gasteiger partial charge in [-0.05, 0) is 43.2 Å². The van der Waals surface area contributed by atoms with Crippen LogP contribution in [0.25, 0.3) is 11.3 Å². The lowest BCUT2D eigenvalue weighted by molar-refractivity contribution is 0.0430. The first-order valence-corrected chi connectivity index (χ1v) is 9.56. The highest BCUT2D eigenvalue weighted by atomic mass is 16.5. The second-order valence-electron chi connectivity index (χ2n) is 7.12. The molecule has 3 heterocycles. The molecule has 144 valence electrons. The van der Waals surface area contributed by atoms with E-state index in [0.717, 1.165) is 62.8 Å². The molecule has 1 N–H and O–H groups in total. The number of H-pyrrole nitrogens is 1. The number of benzene rings is 1. The Bertz CT molecular complexity index is 760. The number of aromatic amines is 1. The third-order valence-electron chi connectivity index (χ3n) is 5.34. The molecule has 0 spiro atoms. The number of nitrogens with one attached hydrogen (secondary N) is 1. The minimum atomic E-state index is 0.0130. The molecular formula is C20H26N4O3. The fourth-order valence-corrected chi connectivity index (χ4v) is 3.72. The Morgan fingerprint density at radius 1 is 1.26 bits per heavy atom. The number of aromatic nitrogens is 2. The predicted octanol–water partition coefficient (Wildman–Crippen LogP) is 2.02. The first-order chi connectivity index (χ1) is 13.2. The maximum Gasteiger partial charge on any atom is 0.271 e. The molecule has 1 unspecified atom stereocenters. The molecule has 0 saturated carbocycles. The summed E-state index contributed by atoms with van der Waals surface area (Å²) < 4.78 is 10.9. The van der Waals surface area contributed by atoms with E-state index >= 15 is 0 Å². The predicted molar refractivity (Wildman–Crippen MR) is 102 cm³/mol. The number of hydrogen-bond donors (Lipinski definition) is 1. The zero-order valence-corrected chi connectivity index (χ0v) is 15.7. The van der Waals surface area contributed by atoms with Crippen molar-refractivity contribution in [2.24, 2.45) is 0 Å². The summed E-state index contributed by atoms with van der Waals surface area (Å²) in [5.41, 5.74) is 2.25. The van der Waals surface area contributed by atoms with Crippen molar-refractivity contribution in [3.63, 3.8) is 0 Å². The van der Waals surface area contributed by atoms with E-state index in [2.05, 4.69) is 15.1 Å². The molecule has 27 heavy (non-hydrogen) atoms. The van der Waals surface area contributed by atoms with E-state index < -0.39 is 0 Å². The Balaban J connectivity index is 1.34. The van der Waals surface area contributed by atoms with Crippen molar-refractivity contribution in [2.45, 2.75) is 18.9 Å². The minimum absolute atomic E-state index is 0.0130. The van der Waals surface area contributed by atoms with Crippen LogP contribution in [0.15, 0.2) is 30.3 Å². The molecule has 1 amide bonds. The van der Waals surface area contributed by atoms with Crippen molar-refractivity contribution in [1.29, 1.82) is 0 Å². The van der Waals surface area contributed by atoms with Gasteiger partial charge in [0.2, 0.25) is 0 Å². The number of carbonyl (C=O) groups excluding carboxylic acids is 1. The molecule has 7 nitrogen and oxygen atoms in total. The van der Waals surface area contributed by atoms with Gasteiger partial charge in [0.25, 0.3) is 5.91 Å². The minimum Gasteiger partial charge on any atom is -0.497 e. The average molecular weight is 370 g/mol. The molecule has 1 atom stereocenters. The number of rotatable bonds is 5. The summed E-state index contributed by atoms with van der Waals surface area (Å²) >= 11 is 0. The third kappa shape index (κ3) is 4.14. The lowest BCUT2D eigenvalue weighted by atomic mass is 10.1. The van der Waals surface area contributed by atoms with Gasteiger partial charge in [-0.1, -0.05) is 0 Å². The Morgan fingerprint density at radius 3 is 2.70 bits per heavy atom. The first-order valence-electron chi connectivity index (χ1n) is 9.56. The van der Waals surface area contributed by atoms with Crippen LogP contribution in [0.1, 0.15) is 23.3 Å². The lowest BCUT2D eigenvalue weighted by Crippen LogP contribution is -2.50. The van der Waals surface area contributed by atoms with Crippen LogP contribution in [0.4, 0.5) is 0 Å². The van der Waals surface area contributed by atoms with Gasteiger partial charge >= 0.3 is 0 Å². The molecule has 2 aliphatic rings. The molecule has 0 radical (unpaired) electrons. The molecule has 4 rings (SSSR count). The summed E-state index contributed by atoms with van der Waals surface area (Å²) in [6.45, 7) is 5.13. The number of nitrogens with zero attached hydrogens (tertiary/aromatic N) is 3. The summed E-state index contributed by atoms with van der Waals surface area (Å²) in [7, 11) is 1.64. The van der Waals surface area contributed by atoms with Crippen molar-refractivity contribution < 1.29 is 14.3 Å². The van der Waals surface area contributed by atoms with E-state index in [4.69, 9.17) is 9.47 Å². The number of carbonyl (C=O) groups is 1. The molecular weight excluding hydrogens is 344 g/mol. The van der Waals surface area contributed by atoms with Crippen molar-refractivity contribution in [3.05, 3.63) is 36.0 Å². The average Bonchev–Trinajstić information content (AvgIpc) is 3.40. The van der Waals surface area contributed by atoms with Crippen molar-refractivity contribution in [3.8, 4) is 17.0 Å². The van der Waals surface area contributed by atoms with E-state index in [1.54, 1.807) is 7.11 Å². The smallest absolute Gasteiger partial charge is 0.271 e. The van der Waals surface area contributed by atoms with Gasteiger partial charge in [0.15, 0.2) is 0 Å². The Hall–Kier alpha value is -2.38. The molecule has 1 aromatic heterocycles. The van der Waals surface area contributed by atoms with Crippen molar-refractivity contribution in [1.82, 2.24) is 20.0 Å². The van der Waals surface area contributed by atoms with Crippen LogP contribution in [0.2, 0.25) is 0 Å². The lowest BCUT2D eigenvalue weighted by Gasteiger charge is -2.35. The summed E-state index contributed by atoms with van der Waals surface area (Å²) in [6, 6.07) is 9.47. The number of piperazine rings is 1. The fourth-order valence-electron chi connectivity index (χ4n) is 3.72. The van der Waals surface area contributed by atoms with Crippen molar-refractivity contribution in [2.75, 3.05) is 46.4 Å². The summed E-state index contributed by atoms with van der Waals surface area (Å²) in [4.78, 5) is 17.1. The van der Waals surface area contributed by atoms with Gasteiger partial charge in [-0.15, -0.1) is 0 Å². The third-order valence-corrected chi connectivity index (χ3v) is 5.34. The largest absolute Gasteiger partial charge is 0.497 e. The van der Waals surface area contributed by atoms with E-state index in [1.807, 2.05) is 35.2 Å². The highest BCUT2D eigenvalue weighted by Gasteiger charge is 2.26. The number of hydrogen-bond acceptors (Lipinski definition) is 5. The van der Waals surface area contributed by atoms with Crippen LogP contribution >= 0.6 is 0 Å². The molecule has 2 aliphatic heterocycles. The summed E-state index contributed by atoms with van der Waals surface area (Å²) in [5.74, 6) is 0.811. The highest BCUT2D eigenvalue weighted by Crippen LogP contribution is 2.22. The molecule has 0 aliphatic carbocycles. The molecule has 0 bridgehead atoms. The van der Waals surface area contributed by atoms with E-state index in [-0.39, 0.29) is 5.91 Å². The molecule has 1 aromatic carbocycles. The second-order valence-corrected chi connectivity index (χ2v) is 7.12. The van der Waals surface area contributed by atoms with Crippen LogP contribution in [-0.4, -0.2) is 78.4 Å². The molecule has 2 saturated heterocycles. The number of ether oxygens (including phenoxy) is 2. The zero-order valence-electron chi connectivity index (χ0n) is 15.7. The quantitative estimate of drug-likeness (QED) is 0.872. The Kier molecular flexibility index (Phi) is 5.40. The van der Waals surface area contributed by atoms with Gasteiger partial charge in [0, 0.05) is 44.9 Å². The number of amides is 1. The van der Waals surface area contributed by atoms with Crippen LogP contribution in [0.5, 0.6) is 5.75 Å². The topological polar surface area (TPSA) is 70.7 Å². The molecule has 2 fully saturated rings. The van der Waals surface area contributed by atoms with Crippen LogP contribution in [0, 0.1) is 0 Å². The fraction of sp³-hybridized carbons (Fsp3) is 0.500. The van der Waals surface area contributed by atoms with Gasteiger partial charge in [0.05, 0.1) is 18.9 Å². The number of methoxy groups -OCH3 is 1. The van der Waals surface area contributed by atoms with Gasteiger partial charge in [0.1, 0.15) is 11.4 Å². The van der Waals surface area contributed by atoms with Gasteiger partial charge in [-0.2, -0.15) is 5.10 Å². The van der Waals surface area contributed by atoms with Crippen molar-refractivity contribution >= 4 is 5.91 Å². The van der Waals surface area contributed by atoms with Crippen LogP contribution < -0.4 is 4.74 Å². The second kappa shape index (κ2) is 8.10. The van der Waals surface area contributed by atoms with Crippen LogP contribution in [0.3, 0.4) is 0 Å². The highest BCUT2D eigenvalue weighted by molar-refractivity contribution is 5.93. The van der Waals surface area contributed by atoms with Gasteiger partial charge < -0.3 is 14.4 Å². The molecule has 2 aromatic rings. The van der Waals surface area contributed by atoms with Crippen LogP contribution in [-0.2, 0) is 4.74 Å². The van der Waals surface area contributed by atoms with E-state index in [1.165, 1.54) is 6.42 Å². The van der Waals surface area contributed by atoms with E-state index in [9.17, 15) is 4.79 Å². The Morgan fingerprint density at radius 2 is 2.04 bits per heavy atom. The maximum atomic E-state index is 12.8. The van der Waals surface area contributed by atoms with Gasteiger partial charge in [-0.3, -0.25) is 14.8 Å². The molecule has 7 heteroatoms. The van der Waals surface area contributed by atoms with E-state index in [0.29, 0.717) is 11.8 Å². The first kappa shape index (κ1) is 18.0. The normalized spacial score (nSPS) is 20.8. The monoisotopic (exact) mass is 370 g/mol. The summed E-state index contributed by atoms with van der Waals surface area (Å²) in [6.07, 6.45) is 2.69.